The molecule has 158 valence electrons. The fourth-order valence-electron chi connectivity index (χ4n) is 4.31. The SMILES string of the molecule is Cn1cc([C@H](CC(=O)NC[C@@]2(C)CCCO2)c2ccc(Cl)c(Cl)c2)c2ccccc21. The van der Waals surface area contributed by atoms with Crippen LogP contribution in [0.5, 0.6) is 0 Å². The predicted molar refractivity (Wildman–Crippen MR) is 122 cm³/mol. The summed E-state index contributed by atoms with van der Waals surface area (Å²) in [6.07, 6.45) is 4.43. The Kier molecular flexibility index (Phi) is 6.10. The summed E-state index contributed by atoms with van der Waals surface area (Å²) in [5.74, 6) is -0.140. The number of halogens is 2. The molecule has 0 unspecified atom stereocenters. The number of para-hydroxylation sites is 1. The minimum Gasteiger partial charge on any atom is -0.373 e. The number of ether oxygens (including phenoxy) is 1. The maximum atomic E-state index is 13.0. The van der Waals surface area contributed by atoms with Gasteiger partial charge in [-0.2, -0.15) is 0 Å². The van der Waals surface area contributed by atoms with E-state index in [2.05, 4.69) is 35.1 Å². The van der Waals surface area contributed by atoms with E-state index in [1.165, 1.54) is 0 Å². The highest BCUT2D eigenvalue weighted by atomic mass is 35.5. The van der Waals surface area contributed by atoms with Crippen LogP contribution in [0.15, 0.2) is 48.7 Å². The first kappa shape index (κ1) is 21.2. The zero-order valence-electron chi connectivity index (χ0n) is 17.3. The summed E-state index contributed by atoms with van der Waals surface area (Å²) in [5.41, 5.74) is 2.93. The van der Waals surface area contributed by atoms with Crippen molar-refractivity contribution in [2.45, 2.75) is 37.7 Å². The van der Waals surface area contributed by atoms with E-state index in [1.807, 2.05) is 31.3 Å². The van der Waals surface area contributed by atoms with Gasteiger partial charge in [0.25, 0.3) is 0 Å². The number of carbonyl (C=O) groups is 1. The van der Waals surface area contributed by atoms with Crippen molar-refractivity contribution in [2.75, 3.05) is 13.2 Å². The maximum Gasteiger partial charge on any atom is 0.221 e. The summed E-state index contributed by atoms with van der Waals surface area (Å²) in [5, 5.41) is 5.22. The molecule has 0 bridgehead atoms. The van der Waals surface area contributed by atoms with Gasteiger partial charge in [-0.25, -0.2) is 0 Å². The van der Waals surface area contributed by atoms with Crippen LogP contribution in [0.1, 0.15) is 43.2 Å². The smallest absolute Gasteiger partial charge is 0.221 e. The van der Waals surface area contributed by atoms with E-state index in [0.717, 1.165) is 41.5 Å². The summed E-state index contributed by atoms with van der Waals surface area (Å²) in [6, 6.07) is 13.8. The molecular weight excluding hydrogens is 419 g/mol. The maximum absolute atomic E-state index is 13.0. The number of nitrogens with one attached hydrogen (secondary N) is 1. The van der Waals surface area contributed by atoms with E-state index in [1.54, 1.807) is 6.07 Å². The molecule has 1 saturated heterocycles. The second kappa shape index (κ2) is 8.62. The normalized spacial score (nSPS) is 19.9. The number of aryl methyl sites for hydroxylation is 1. The van der Waals surface area contributed by atoms with Gasteiger partial charge in [0, 0.05) is 49.6 Å². The highest BCUT2D eigenvalue weighted by Gasteiger charge is 2.31. The van der Waals surface area contributed by atoms with Crippen molar-refractivity contribution in [1.29, 1.82) is 0 Å². The van der Waals surface area contributed by atoms with E-state index >= 15 is 0 Å². The van der Waals surface area contributed by atoms with Gasteiger partial charge in [0.15, 0.2) is 0 Å². The Morgan fingerprint density at radius 1 is 1.23 bits per heavy atom. The van der Waals surface area contributed by atoms with Gasteiger partial charge in [-0.1, -0.05) is 47.5 Å². The molecule has 4 nitrogen and oxygen atoms in total. The number of rotatable bonds is 6. The predicted octanol–water partition coefficient (Wildman–Crippen LogP) is 5.69. The summed E-state index contributed by atoms with van der Waals surface area (Å²) in [7, 11) is 2.02. The molecule has 4 rings (SSSR count). The lowest BCUT2D eigenvalue weighted by Crippen LogP contribution is -2.40. The van der Waals surface area contributed by atoms with E-state index in [9.17, 15) is 4.79 Å². The van der Waals surface area contributed by atoms with Crippen molar-refractivity contribution in [2.24, 2.45) is 7.05 Å². The fraction of sp³-hybridized carbons (Fsp3) is 0.375. The highest BCUT2D eigenvalue weighted by Crippen LogP contribution is 2.37. The molecule has 1 aliphatic rings. The summed E-state index contributed by atoms with van der Waals surface area (Å²) in [6.45, 7) is 3.34. The first-order valence-corrected chi connectivity index (χ1v) is 11.0. The van der Waals surface area contributed by atoms with Crippen LogP contribution in [0.3, 0.4) is 0 Å². The van der Waals surface area contributed by atoms with Crippen LogP contribution >= 0.6 is 23.2 Å². The topological polar surface area (TPSA) is 43.3 Å². The van der Waals surface area contributed by atoms with Crippen molar-refractivity contribution in [3.8, 4) is 0 Å². The van der Waals surface area contributed by atoms with Crippen LogP contribution in [0.4, 0.5) is 0 Å². The van der Waals surface area contributed by atoms with Gasteiger partial charge in [-0.05, 0) is 49.1 Å². The Labute approximate surface area is 187 Å². The molecule has 30 heavy (non-hydrogen) atoms. The largest absolute Gasteiger partial charge is 0.373 e. The third-order valence-corrected chi connectivity index (χ3v) is 6.74. The summed E-state index contributed by atoms with van der Waals surface area (Å²) in [4.78, 5) is 13.0. The lowest BCUT2D eigenvalue weighted by molar-refractivity contribution is -0.122. The van der Waals surface area contributed by atoms with Crippen LogP contribution in [0.25, 0.3) is 10.9 Å². The highest BCUT2D eigenvalue weighted by molar-refractivity contribution is 6.42. The van der Waals surface area contributed by atoms with E-state index in [0.29, 0.717) is 23.0 Å². The van der Waals surface area contributed by atoms with E-state index in [-0.39, 0.29) is 17.4 Å². The number of amides is 1. The third kappa shape index (κ3) is 4.36. The molecule has 1 amide bonds. The average molecular weight is 445 g/mol. The summed E-state index contributed by atoms with van der Waals surface area (Å²) < 4.78 is 7.90. The molecule has 0 spiro atoms. The van der Waals surface area contributed by atoms with Crippen molar-refractivity contribution < 1.29 is 9.53 Å². The number of hydrogen-bond donors (Lipinski definition) is 1. The molecule has 2 aromatic carbocycles. The number of nitrogens with zero attached hydrogens (tertiary/aromatic N) is 1. The van der Waals surface area contributed by atoms with Crippen LogP contribution < -0.4 is 5.32 Å². The van der Waals surface area contributed by atoms with Gasteiger partial charge in [0.1, 0.15) is 0 Å². The minimum absolute atomic E-state index is 0.00395. The molecule has 1 fully saturated rings. The van der Waals surface area contributed by atoms with Crippen LogP contribution in [-0.4, -0.2) is 29.2 Å². The molecule has 2 atom stereocenters. The minimum atomic E-state index is -0.270. The van der Waals surface area contributed by atoms with E-state index < -0.39 is 0 Å². The number of hydrogen-bond acceptors (Lipinski definition) is 2. The molecule has 1 N–H and O–H groups in total. The second-order valence-electron chi connectivity index (χ2n) is 8.32. The zero-order valence-corrected chi connectivity index (χ0v) is 18.8. The molecule has 6 heteroatoms. The quantitative estimate of drug-likeness (QED) is 0.530. The van der Waals surface area contributed by atoms with Gasteiger partial charge < -0.3 is 14.6 Å². The van der Waals surface area contributed by atoms with Gasteiger partial charge in [0.2, 0.25) is 5.91 Å². The number of benzene rings is 2. The first-order valence-electron chi connectivity index (χ1n) is 10.3. The van der Waals surface area contributed by atoms with Gasteiger partial charge in [0.05, 0.1) is 15.6 Å². The Balaban J connectivity index is 1.65. The van der Waals surface area contributed by atoms with Gasteiger partial charge >= 0.3 is 0 Å². The van der Waals surface area contributed by atoms with Crippen LogP contribution in [-0.2, 0) is 16.6 Å². The van der Waals surface area contributed by atoms with Crippen LogP contribution in [0.2, 0.25) is 10.0 Å². The Morgan fingerprint density at radius 3 is 2.77 bits per heavy atom. The van der Waals surface area contributed by atoms with E-state index in [4.69, 9.17) is 27.9 Å². The lowest BCUT2D eigenvalue weighted by Gasteiger charge is -2.24. The monoisotopic (exact) mass is 444 g/mol. The molecule has 2 heterocycles. The molecule has 0 saturated carbocycles. The third-order valence-electron chi connectivity index (χ3n) is 6.00. The zero-order chi connectivity index (χ0) is 21.3. The molecule has 3 aromatic rings. The Hall–Kier alpha value is -2.01. The average Bonchev–Trinajstić information content (AvgIpc) is 3.31. The molecule has 0 aliphatic carbocycles. The number of fused-ring (bicyclic) bond motifs is 1. The number of aromatic nitrogens is 1. The van der Waals surface area contributed by atoms with Gasteiger partial charge in [-0.3, -0.25) is 4.79 Å². The number of carbonyl (C=O) groups excluding carboxylic acids is 1. The van der Waals surface area contributed by atoms with Crippen molar-refractivity contribution in [3.63, 3.8) is 0 Å². The van der Waals surface area contributed by atoms with Crippen molar-refractivity contribution in [1.82, 2.24) is 9.88 Å². The molecule has 0 radical (unpaired) electrons. The lowest BCUT2D eigenvalue weighted by atomic mass is 9.88. The molecule has 1 aliphatic heterocycles. The Bertz CT molecular complexity index is 1070. The molecule has 1 aromatic heterocycles. The Morgan fingerprint density at radius 2 is 2.03 bits per heavy atom. The van der Waals surface area contributed by atoms with Crippen molar-refractivity contribution >= 4 is 40.0 Å². The summed E-state index contributed by atoms with van der Waals surface area (Å²) >= 11 is 12.5. The van der Waals surface area contributed by atoms with Gasteiger partial charge in [-0.15, -0.1) is 0 Å². The fourth-order valence-corrected chi connectivity index (χ4v) is 4.61. The van der Waals surface area contributed by atoms with Crippen LogP contribution in [0, 0.1) is 0 Å². The first-order chi connectivity index (χ1) is 14.4. The molecular formula is C24H26Cl2N2O2. The van der Waals surface area contributed by atoms with Crippen molar-refractivity contribution in [3.05, 3.63) is 69.8 Å². The second-order valence-corrected chi connectivity index (χ2v) is 9.14. The standard InChI is InChI=1S/C24H26Cl2N2O2/c1-24(10-5-11-30-24)15-27-23(29)13-18(16-8-9-20(25)21(26)12-16)19-14-28(2)22-7-4-3-6-17(19)22/h3-4,6-9,12,14,18H,5,10-11,13,15H2,1-2H3,(H,27,29)/t18-,24-/m1/s1.